The van der Waals surface area contributed by atoms with Crippen molar-refractivity contribution in [1.82, 2.24) is 24.1 Å². The summed E-state index contributed by atoms with van der Waals surface area (Å²) in [7, 11) is 0. The lowest BCUT2D eigenvalue weighted by molar-refractivity contribution is -0.132. The lowest BCUT2D eigenvalue weighted by Gasteiger charge is -2.35. The van der Waals surface area contributed by atoms with Gasteiger partial charge >= 0.3 is 0 Å². The fraction of sp³-hybridized carbons (Fsp3) is 0.591. The van der Waals surface area contributed by atoms with Gasteiger partial charge in [-0.3, -0.25) is 23.8 Å². The van der Waals surface area contributed by atoms with Crippen molar-refractivity contribution in [2.45, 2.75) is 39.2 Å². The highest BCUT2D eigenvalue weighted by Gasteiger charge is 2.22. The molecule has 2 aromatic heterocycles. The summed E-state index contributed by atoms with van der Waals surface area (Å²) in [6, 6.07) is 7.38. The maximum Gasteiger partial charge on any atom is 0.258 e. The summed E-state index contributed by atoms with van der Waals surface area (Å²) in [5.41, 5.74) is 2.39. The zero-order chi connectivity index (χ0) is 20.2. The summed E-state index contributed by atoms with van der Waals surface area (Å²) in [5, 5.41) is 0. The molecule has 156 valence electrons. The van der Waals surface area contributed by atoms with E-state index in [9.17, 15) is 9.59 Å². The van der Waals surface area contributed by atoms with E-state index in [0.717, 1.165) is 63.5 Å². The molecule has 7 heteroatoms. The van der Waals surface area contributed by atoms with E-state index in [1.54, 1.807) is 10.5 Å². The fourth-order valence-corrected chi connectivity index (χ4v) is 4.39. The number of nitrogens with zero attached hydrogens (tertiary/aromatic N) is 5. The lowest BCUT2D eigenvalue weighted by Crippen LogP contribution is -2.50. The van der Waals surface area contributed by atoms with Crippen molar-refractivity contribution >= 4 is 11.6 Å². The first-order valence-corrected chi connectivity index (χ1v) is 10.8. The van der Waals surface area contributed by atoms with Crippen molar-refractivity contribution in [2.24, 2.45) is 0 Å². The first-order chi connectivity index (χ1) is 14.1. The predicted octanol–water partition coefficient (Wildman–Crippen LogP) is 1.52. The van der Waals surface area contributed by atoms with E-state index in [1.807, 2.05) is 30.0 Å². The number of aromatic nitrogens is 2. The first-order valence-electron chi connectivity index (χ1n) is 10.8. The molecule has 0 spiro atoms. The maximum atomic E-state index is 12.6. The summed E-state index contributed by atoms with van der Waals surface area (Å²) in [6.07, 6.45) is 4.76. The number of pyridine rings is 1. The van der Waals surface area contributed by atoms with Gasteiger partial charge in [0.05, 0.1) is 12.2 Å². The number of piperazine rings is 1. The Kier molecular flexibility index (Phi) is 6.25. The zero-order valence-corrected chi connectivity index (χ0v) is 17.3. The summed E-state index contributed by atoms with van der Waals surface area (Å²) in [5.74, 6) is 0.278. The predicted molar refractivity (Wildman–Crippen MR) is 113 cm³/mol. The largest absolute Gasteiger partial charge is 0.342 e. The number of fused-ring (bicyclic) bond motifs is 1. The van der Waals surface area contributed by atoms with E-state index in [1.165, 1.54) is 12.8 Å². The van der Waals surface area contributed by atoms with Gasteiger partial charge in [-0.05, 0) is 31.9 Å². The Labute approximate surface area is 171 Å². The normalized spacial score (nSPS) is 19.4. The molecule has 0 aromatic carbocycles. The molecule has 0 unspecified atom stereocenters. The van der Waals surface area contributed by atoms with Crippen molar-refractivity contribution in [3.63, 3.8) is 0 Å². The Morgan fingerprint density at radius 1 is 0.966 bits per heavy atom. The Hall–Kier alpha value is -2.25. The van der Waals surface area contributed by atoms with E-state index < -0.39 is 0 Å². The van der Waals surface area contributed by atoms with E-state index >= 15 is 0 Å². The van der Waals surface area contributed by atoms with Crippen molar-refractivity contribution in [1.29, 1.82) is 0 Å². The van der Waals surface area contributed by atoms with Gasteiger partial charge in [-0.1, -0.05) is 18.9 Å². The van der Waals surface area contributed by atoms with Gasteiger partial charge in [0, 0.05) is 57.6 Å². The molecule has 0 bridgehead atoms. The highest BCUT2D eigenvalue weighted by atomic mass is 16.2. The highest BCUT2D eigenvalue weighted by Crippen LogP contribution is 2.12. The summed E-state index contributed by atoms with van der Waals surface area (Å²) >= 11 is 0. The van der Waals surface area contributed by atoms with Crippen molar-refractivity contribution in [2.75, 3.05) is 45.8 Å². The third-order valence-electron chi connectivity index (χ3n) is 6.10. The van der Waals surface area contributed by atoms with Crippen LogP contribution in [0.1, 0.15) is 37.1 Å². The summed E-state index contributed by atoms with van der Waals surface area (Å²) < 4.78 is 1.65. The Morgan fingerprint density at radius 2 is 1.66 bits per heavy atom. The molecule has 4 rings (SSSR count). The van der Waals surface area contributed by atoms with Crippen LogP contribution < -0.4 is 5.56 Å². The van der Waals surface area contributed by atoms with Crippen LogP contribution in [0.15, 0.2) is 29.1 Å². The molecule has 2 aliphatic heterocycles. The molecule has 0 radical (unpaired) electrons. The third kappa shape index (κ3) is 4.85. The first kappa shape index (κ1) is 20.0. The highest BCUT2D eigenvalue weighted by molar-refractivity contribution is 5.78. The molecule has 2 saturated heterocycles. The summed E-state index contributed by atoms with van der Waals surface area (Å²) in [4.78, 5) is 36.4. The lowest BCUT2D eigenvalue weighted by atomic mass is 10.2. The van der Waals surface area contributed by atoms with Crippen LogP contribution in [0.5, 0.6) is 0 Å². The van der Waals surface area contributed by atoms with Crippen LogP contribution in [0.4, 0.5) is 0 Å². The molecule has 0 saturated carbocycles. The Bertz CT molecular complexity index is 909. The molecule has 0 atom stereocenters. The number of likely N-dealkylation sites (tertiary alicyclic amines) is 1. The molecule has 0 aliphatic carbocycles. The minimum atomic E-state index is -0.0233. The van der Waals surface area contributed by atoms with Gasteiger partial charge in [-0.2, -0.15) is 0 Å². The van der Waals surface area contributed by atoms with Gasteiger partial charge in [-0.15, -0.1) is 0 Å². The second-order valence-electron chi connectivity index (χ2n) is 8.29. The maximum absolute atomic E-state index is 12.6. The number of carbonyl (C=O) groups excluding carboxylic acids is 1. The Morgan fingerprint density at radius 3 is 2.38 bits per heavy atom. The molecular weight excluding hydrogens is 366 g/mol. The monoisotopic (exact) mass is 397 g/mol. The third-order valence-corrected chi connectivity index (χ3v) is 6.10. The standard InChI is InChI=1S/C22H31N5O2/c1-18-7-6-8-20-23-19(15-21(28)27(18)20)16-24-11-13-25(14-12-24)17-22(29)26-9-4-2-3-5-10-26/h6-8,15H,2-5,9-14,16-17H2,1H3. The quantitative estimate of drug-likeness (QED) is 0.783. The molecule has 2 aliphatic rings. The molecule has 2 fully saturated rings. The van der Waals surface area contributed by atoms with Gasteiger partial charge in [0.25, 0.3) is 5.56 Å². The number of rotatable bonds is 4. The van der Waals surface area contributed by atoms with E-state index in [-0.39, 0.29) is 11.5 Å². The minimum absolute atomic E-state index is 0.0233. The number of carbonyl (C=O) groups is 1. The molecular formula is C22H31N5O2. The van der Waals surface area contributed by atoms with Gasteiger partial charge in [-0.25, -0.2) is 4.98 Å². The van der Waals surface area contributed by atoms with Crippen molar-refractivity contribution in [3.8, 4) is 0 Å². The average molecular weight is 398 g/mol. The van der Waals surface area contributed by atoms with Crippen molar-refractivity contribution in [3.05, 3.63) is 46.0 Å². The molecule has 29 heavy (non-hydrogen) atoms. The number of hydrogen-bond acceptors (Lipinski definition) is 5. The fourth-order valence-electron chi connectivity index (χ4n) is 4.39. The summed E-state index contributed by atoms with van der Waals surface area (Å²) in [6.45, 7) is 8.50. The minimum Gasteiger partial charge on any atom is -0.342 e. The van der Waals surface area contributed by atoms with E-state index in [2.05, 4.69) is 14.8 Å². The van der Waals surface area contributed by atoms with Gasteiger partial charge in [0.2, 0.25) is 5.91 Å². The van der Waals surface area contributed by atoms with E-state index in [0.29, 0.717) is 18.7 Å². The number of aryl methyl sites for hydroxylation is 1. The van der Waals surface area contributed by atoms with Gasteiger partial charge < -0.3 is 4.90 Å². The zero-order valence-electron chi connectivity index (χ0n) is 17.3. The van der Waals surface area contributed by atoms with Gasteiger partial charge in [0.15, 0.2) is 0 Å². The Balaban J connectivity index is 1.31. The van der Waals surface area contributed by atoms with E-state index in [4.69, 9.17) is 0 Å². The van der Waals surface area contributed by atoms with Gasteiger partial charge in [0.1, 0.15) is 5.65 Å². The number of amides is 1. The van der Waals surface area contributed by atoms with Crippen LogP contribution >= 0.6 is 0 Å². The molecule has 7 nitrogen and oxygen atoms in total. The van der Waals surface area contributed by atoms with Crippen LogP contribution in [0.2, 0.25) is 0 Å². The molecule has 0 N–H and O–H groups in total. The molecule has 2 aromatic rings. The SMILES string of the molecule is Cc1cccc2nc(CN3CCN(CC(=O)N4CCCCCC4)CC3)cc(=O)n12. The van der Waals surface area contributed by atoms with Crippen LogP contribution in [-0.4, -0.2) is 75.8 Å². The average Bonchev–Trinajstić information content (AvgIpc) is 2.99. The van der Waals surface area contributed by atoms with Crippen LogP contribution in [0.25, 0.3) is 5.65 Å². The smallest absolute Gasteiger partial charge is 0.258 e. The number of hydrogen-bond donors (Lipinski definition) is 0. The second kappa shape index (κ2) is 9.05. The van der Waals surface area contributed by atoms with Crippen molar-refractivity contribution < 1.29 is 4.79 Å². The van der Waals surface area contributed by atoms with Crippen LogP contribution in [-0.2, 0) is 11.3 Å². The second-order valence-corrected chi connectivity index (χ2v) is 8.29. The molecule has 4 heterocycles. The van der Waals surface area contributed by atoms with Crippen LogP contribution in [0.3, 0.4) is 0 Å². The topological polar surface area (TPSA) is 61.2 Å². The van der Waals surface area contributed by atoms with Crippen LogP contribution in [0, 0.1) is 6.92 Å². The molecule has 1 amide bonds.